The molecule has 1 aliphatic heterocycles. The van der Waals surface area contributed by atoms with Crippen LogP contribution in [0.15, 0.2) is 47.6 Å². The third kappa shape index (κ3) is 3.70. The van der Waals surface area contributed by atoms with E-state index in [0.717, 1.165) is 24.5 Å². The molecule has 150 valence electrons. The van der Waals surface area contributed by atoms with Gasteiger partial charge in [0.15, 0.2) is 5.82 Å². The van der Waals surface area contributed by atoms with Gasteiger partial charge in [-0.1, -0.05) is 6.07 Å². The van der Waals surface area contributed by atoms with E-state index in [1.165, 1.54) is 37.5 Å². The zero-order valence-corrected chi connectivity index (χ0v) is 16.3. The van der Waals surface area contributed by atoms with Crippen molar-refractivity contribution in [1.82, 2.24) is 15.2 Å². The van der Waals surface area contributed by atoms with Gasteiger partial charge in [0.2, 0.25) is 5.91 Å². The third-order valence-electron chi connectivity index (χ3n) is 4.76. The first kappa shape index (κ1) is 19.1. The van der Waals surface area contributed by atoms with Crippen molar-refractivity contribution in [2.75, 3.05) is 16.2 Å². The van der Waals surface area contributed by atoms with Crippen LogP contribution in [-0.2, 0) is 21.2 Å². The molecule has 2 heterocycles. The van der Waals surface area contributed by atoms with Crippen LogP contribution >= 0.6 is 0 Å². The molecule has 0 unspecified atom stereocenters. The van der Waals surface area contributed by atoms with Gasteiger partial charge in [-0.3, -0.25) is 14.6 Å². The molecule has 29 heavy (non-hydrogen) atoms. The fourth-order valence-corrected chi connectivity index (χ4v) is 4.43. The molecule has 0 radical (unpaired) electrons. The summed E-state index contributed by atoms with van der Waals surface area (Å²) < 4.78 is 42.4. The summed E-state index contributed by atoms with van der Waals surface area (Å²) in [7, 11) is -4.08. The van der Waals surface area contributed by atoms with E-state index in [1.54, 1.807) is 11.0 Å². The normalized spacial score (nSPS) is 13.8. The number of sulfonamides is 1. The van der Waals surface area contributed by atoms with Crippen LogP contribution in [0.3, 0.4) is 0 Å². The van der Waals surface area contributed by atoms with Crippen LogP contribution in [0.2, 0.25) is 0 Å². The molecule has 0 bridgehead atoms. The van der Waals surface area contributed by atoms with Crippen molar-refractivity contribution in [3.8, 4) is 11.4 Å². The number of carbonyl (C=O) groups excluding carboxylic acids is 1. The number of rotatable bonds is 4. The quantitative estimate of drug-likeness (QED) is 0.681. The second kappa shape index (κ2) is 7.28. The monoisotopic (exact) mass is 415 g/mol. The largest absolute Gasteiger partial charge is 0.312 e. The second-order valence-corrected chi connectivity index (χ2v) is 8.38. The van der Waals surface area contributed by atoms with Gasteiger partial charge in [0.05, 0.1) is 10.6 Å². The molecule has 1 aliphatic rings. The van der Waals surface area contributed by atoms with E-state index in [2.05, 4.69) is 19.9 Å². The summed E-state index contributed by atoms with van der Waals surface area (Å²) in [5, 5.41) is 6.38. The highest BCUT2D eigenvalue weighted by Gasteiger charge is 2.24. The Morgan fingerprint density at radius 2 is 2.07 bits per heavy atom. The summed E-state index contributed by atoms with van der Waals surface area (Å²) in [6.07, 6.45) is 2.88. The molecule has 2 aromatic carbocycles. The summed E-state index contributed by atoms with van der Waals surface area (Å²) >= 11 is 0. The number of halogens is 1. The predicted octanol–water partition coefficient (Wildman–Crippen LogP) is 2.71. The van der Waals surface area contributed by atoms with E-state index in [0.29, 0.717) is 23.6 Å². The maximum atomic E-state index is 14.3. The minimum absolute atomic E-state index is 0.0473. The number of nitrogens with one attached hydrogen (secondary N) is 2. The number of hydrogen-bond acceptors (Lipinski definition) is 5. The Kier molecular flexibility index (Phi) is 4.79. The Hall–Kier alpha value is -3.27. The highest BCUT2D eigenvalue weighted by Crippen LogP contribution is 2.31. The molecule has 0 saturated carbocycles. The zero-order valence-electron chi connectivity index (χ0n) is 15.5. The van der Waals surface area contributed by atoms with Crippen LogP contribution in [0, 0.1) is 5.82 Å². The van der Waals surface area contributed by atoms with Crippen LogP contribution in [-0.4, -0.2) is 36.1 Å². The molecule has 1 aromatic heterocycles. The van der Waals surface area contributed by atoms with Crippen LogP contribution in [0.4, 0.5) is 15.8 Å². The van der Waals surface area contributed by atoms with Crippen LogP contribution < -0.4 is 9.62 Å². The first-order valence-electron chi connectivity index (χ1n) is 8.94. The molecule has 0 atom stereocenters. The van der Waals surface area contributed by atoms with Gasteiger partial charge in [-0.05, 0) is 48.7 Å². The molecule has 2 N–H and O–H groups in total. The Bertz CT molecular complexity index is 1180. The van der Waals surface area contributed by atoms with E-state index in [1.807, 2.05) is 0 Å². The van der Waals surface area contributed by atoms with Crippen LogP contribution in [0.5, 0.6) is 0 Å². The molecule has 8 nitrogen and oxygen atoms in total. The number of amides is 1. The SMILES string of the molecule is CC(=O)N1CCCc2ccc(S(=O)(=O)Nc3cc(-c4ncn[nH]4)ccc3F)cc21. The number of aromatic amines is 1. The zero-order chi connectivity index (χ0) is 20.6. The van der Waals surface area contributed by atoms with Gasteiger partial charge in [-0.2, -0.15) is 5.10 Å². The van der Waals surface area contributed by atoms with Gasteiger partial charge in [-0.15, -0.1) is 0 Å². The Labute approximate surface area is 166 Å². The van der Waals surface area contributed by atoms with Crippen molar-refractivity contribution in [1.29, 1.82) is 0 Å². The number of nitrogens with zero attached hydrogens (tertiary/aromatic N) is 3. The van der Waals surface area contributed by atoms with E-state index in [-0.39, 0.29) is 16.5 Å². The Morgan fingerprint density at radius 3 is 2.79 bits per heavy atom. The first-order chi connectivity index (χ1) is 13.8. The second-order valence-electron chi connectivity index (χ2n) is 6.70. The smallest absolute Gasteiger partial charge is 0.262 e. The topological polar surface area (TPSA) is 108 Å². The number of anilines is 2. The molecule has 1 amide bonds. The number of fused-ring (bicyclic) bond motifs is 1. The number of H-pyrrole nitrogens is 1. The van der Waals surface area contributed by atoms with Crippen LogP contribution in [0.1, 0.15) is 18.9 Å². The number of aromatic nitrogens is 3. The van der Waals surface area contributed by atoms with Gasteiger partial charge in [0.25, 0.3) is 10.0 Å². The summed E-state index contributed by atoms with van der Waals surface area (Å²) in [6.45, 7) is 1.98. The Morgan fingerprint density at radius 1 is 1.24 bits per heavy atom. The van der Waals surface area contributed by atoms with E-state index in [4.69, 9.17) is 0 Å². The van der Waals surface area contributed by atoms with Gasteiger partial charge < -0.3 is 4.90 Å². The molecule has 0 spiro atoms. The highest BCUT2D eigenvalue weighted by atomic mass is 32.2. The molecule has 0 fully saturated rings. The minimum atomic E-state index is -4.08. The lowest BCUT2D eigenvalue weighted by molar-refractivity contribution is -0.116. The standard InChI is InChI=1S/C19H18FN5O3S/c1-12(26)25-8-2-3-13-4-6-15(10-18(13)25)29(27,28)24-17-9-14(5-7-16(17)20)19-21-11-22-23-19/h4-7,9-11,24H,2-3,8H2,1H3,(H,21,22,23). The third-order valence-corrected chi connectivity index (χ3v) is 6.13. The number of benzene rings is 2. The van der Waals surface area contributed by atoms with Crippen molar-refractivity contribution in [2.45, 2.75) is 24.7 Å². The number of carbonyl (C=O) groups is 1. The van der Waals surface area contributed by atoms with Crippen molar-refractivity contribution < 1.29 is 17.6 Å². The fraction of sp³-hybridized carbons (Fsp3) is 0.211. The van der Waals surface area contributed by atoms with E-state index in [9.17, 15) is 17.6 Å². The maximum absolute atomic E-state index is 14.3. The molecule has 4 rings (SSSR count). The number of aryl methyl sites for hydroxylation is 1. The van der Waals surface area contributed by atoms with E-state index < -0.39 is 15.8 Å². The molecular weight excluding hydrogens is 397 g/mol. The summed E-state index contributed by atoms with van der Waals surface area (Å²) in [6, 6.07) is 8.57. The summed E-state index contributed by atoms with van der Waals surface area (Å²) in [5.41, 5.74) is 1.75. The molecule has 0 aliphatic carbocycles. The summed E-state index contributed by atoms with van der Waals surface area (Å²) in [5.74, 6) is -0.490. The molecular formula is C19H18FN5O3S. The van der Waals surface area contributed by atoms with Crippen molar-refractivity contribution in [3.05, 3.63) is 54.1 Å². The van der Waals surface area contributed by atoms with Crippen LogP contribution in [0.25, 0.3) is 11.4 Å². The van der Waals surface area contributed by atoms with Gasteiger partial charge in [0, 0.05) is 24.7 Å². The predicted molar refractivity (Wildman–Crippen MR) is 105 cm³/mol. The minimum Gasteiger partial charge on any atom is -0.312 e. The van der Waals surface area contributed by atoms with Gasteiger partial charge in [0.1, 0.15) is 12.1 Å². The number of hydrogen-bond donors (Lipinski definition) is 2. The molecule has 10 heteroatoms. The van der Waals surface area contributed by atoms with Gasteiger partial charge in [-0.25, -0.2) is 17.8 Å². The average molecular weight is 415 g/mol. The lowest BCUT2D eigenvalue weighted by Gasteiger charge is -2.29. The first-order valence-corrected chi connectivity index (χ1v) is 10.4. The van der Waals surface area contributed by atoms with Crippen molar-refractivity contribution in [2.24, 2.45) is 0 Å². The highest BCUT2D eigenvalue weighted by molar-refractivity contribution is 7.92. The summed E-state index contributed by atoms with van der Waals surface area (Å²) in [4.78, 5) is 17.4. The van der Waals surface area contributed by atoms with Crippen molar-refractivity contribution >= 4 is 27.3 Å². The Balaban J connectivity index is 1.69. The van der Waals surface area contributed by atoms with Crippen molar-refractivity contribution in [3.63, 3.8) is 0 Å². The lowest BCUT2D eigenvalue weighted by Crippen LogP contribution is -2.33. The lowest BCUT2D eigenvalue weighted by atomic mass is 10.0. The molecule has 0 saturated heterocycles. The average Bonchev–Trinajstić information content (AvgIpc) is 3.23. The molecule has 3 aromatic rings. The maximum Gasteiger partial charge on any atom is 0.262 e. The van der Waals surface area contributed by atoms with Gasteiger partial charge >= 0.3 is 0 Å². The van der Waals surface area contributed by atoms with E-state index >= 15 is 0 Å². The fourth-order valence-electron chi connectivity index (χ4n) is 3.35.